The van der Waals surface area contributed by atoms with Crippen LogP contribution in [0.3, 0.4) is 0 Å². The van der Waals surface area contributed by atoms with Gasteiger partial charge in [0.25, 0.3) is 0 Å². The highest BCUT2D eigenvalue weighted by Crippen LogP contribution is 2.29. The maximum atomic E-state index is 12.2. The van der Waals surface area contributed by atoms with Gasteiger partial charge in [0.1, 0.15) is 0 Å². The summed E-state index contributed by atoms with van der Waals surface area (Å²) in [5.74, 6) is -0.365. The molecule has 2 aromatic rings. The fourth-order valence-electron chi connectivity index (χ4n) is 3.70. The summed E-state index contributed by atoms with van der Waals surface area (Å²) in [7, 11) is 3.04. The van der Waals surface area contributed by atoms with Crippen molar-refractivity contribution in [2.24, 2.45) is 0 Å². The van der Waals surface area contributed by atoms with Gasteiger partial charge >= 0.3 is 11.8 Å². The summed E-state index contributed by atoms with van der Waals surface area (Å²) in [6.45, 7) is 2.62. The molecule has 0 saturated carbocycles. The molecular weight excluding hydrogens is 394 g/mol. The van der Waals surface area contributed by atoms with Gasteiger partial charge in [-0.25, -0.2) is 0 Å². The lowest BCUT2D eigenvalue weighted by Gasteiger charge is -2.22. The summed E-state index contributed by atoms with van der Waals surface area (Å²) in [5.41, 5.74) is 2.84. The SMILES string of the molecule is COc1ccc(NC(=O)C(=O)NCCc2ccc(N3CCCCCC3)cc2)cc1OC. The average molecular weight is 426 g/mol. The molecule has 0 spiro atoms. The average Bonchev–Trinajstić information content (AvgIpc) is 3.09. The molecule has 0 radical (unpaired) electrons. The molecule has 0 aromatic heterocycles. The Labute approximate surface area is 183 Å². The van der Waals surface area contributed by atoms with E-state index < -0.39 is 11.8 Å². The summed E-state index contributed by atoms with van der Waals surface area (Å²) in [4.78, 5) is 26.7. The van der Waals surface area contributed by atoms with Crippen molar-refractivity contribution in [1.29, 1.82) is 0 Å². The van der Waals surface area contributed by atoms with Crippen molar-refractivity contribution in [2.45, 2.75) is 32.1 Å². The minimum atomic E-state index is -0.719. The summed E-state index contributed by atoms with van der Waals surface area (Å²) in [5, 5.41) is 5.24. The summed E-state index contributed by atoms with van der Waals surface area (Å²) < 4.78 is 10.4. The van der Waals surface area contributed by atoms with E-state index in [9.17, 15) is 9.59 Å². The quantitative estimate of drug-likeness (QED) is 0.665. The molecule has 3 rings (SSSR count). The molecule has 7 nitrogen and oxygen atoms in total. The zero-order chi connectivity index (χ0) is 22.1. The third-order valence-corrected chi connectivity index (χ3v) is 5.45. The molecule has 0 bridgehead atoms. The topological polar surface area (TPSA) is 79.9 Å². The predicted molar refractivity (Wildman–Crippen MR) is 122 cm³/mol. The van der Waals surface area contributed by atoms with E-state index in [0.29, 0.717) is 30.2 Å². The number of rotatable bonds is 7. The second-order valence-electron chi connectivity index (χ2n) is 7.60. The molecule has 31 heavy (non-hydrogen) atoms. The summed E-state index contributed by atoms with van der Waals surface area (Å²) >= 11 is 0. The third-order valence-electron chi connectivity index (χ3n) is 5.45. The van der Waals surface area contributed by atoms with Gasteiger partial charge in [-0.2, -0.15) is 0 Å². The molecule has 2 aromatic carbocycles. The molecule has 1 fully saturated rings. The highest BCUT2D eigenvalue weighted by molar-refractivity contribution is 6.39. The van der Waals surface area contributed by atoms with Crippen LogP contribution < -0.4 is 25.0 Å². The molecule has 1 aliphatic heterocycles. The second kappa shape index (κ2) is 11.2. The van der Waals surface area contributed by atoms with E-state index in [1.807, 2.05) is 0 Å². The number of nitrogens with one attached hydrogen (secondary N) is 2. The molecule has 7 heteroatoms. The number of hydrogen-bond acceptors (Lipinski definition) is 5. The molecular formula is C24H31N3O4. The fraction of sp³-hybridized carbons (Fsp3) is 0.417. The zero-order valence-corrected chi connectivity index (χ0v) is 18.3. The molecule has 2 N–H and O–H groups in total. The van der Waals surface area contributed by atoms with Crippen molar-refractivity contribution in [3.05, 3.63) is 48.0 Å². The molecule has 0 aliphatic carbocycles. The molecule has 1 saturated heterocycles. The zero-order valence-electron chi connectivity index (χ0n) is 18.3. The highest BCUT2D eigenvalue weighted by atomic mass is 16.5. The first-order valence-electron chi connectivity index (χ1n) is 10.8. The van der Waals surface area contributed by atoms with Crippen LogP contribution in [0.5, 0.6) is 11.5 Å². The Balaban J connectivity index is 1.45. The van der Waals surface area contributed by atoms with Gasteiger partial charge in [0.2, 0.25) is 0 Å². The van der Waals surface area contributed by atoms with Crippen LogP contribution in [0.1, 0.15) is 31.2 Å². The number of ether oxygens (including phenoxy) is 2. The Bertz CT molecular complexity index is 875. The first kappa shape index (κ1) is 22.5. The standard InChI is InChI=1S/C24H31N3O4/c1-30-21-12-9-19(17-22(21)31-2)26-24(29)23(28)25-14-13-18-7-10-20(11-8-18)27-15-5-3-4-6-16-27/h7-12,17H,3-6,13-16H2,1-2H3,(H,25,28)(H,26,29). The summed E-state index contributed by atoms with van der Waals surface area (Å²) in [6.07, 6.45) is 5.79. The van der Waals surface area contributed by atoms with E-state index in [1.54, 1.807) is 18.2 Å². The number of methoxy groups -OCH3 is 2. The van der Waals surface area contributed by atoms with Crippen molar-refractivity contribution in [1.82, 2.24) is 5.32 Å². The lowest BCUT2D eigenvalue weighted by atomic mass is 10.1. The van der Waals surface area contributed by atoms with Gasteiger partial charge in [0.05, 0.1) is 14.2 Å². The minimum Gasteiger partial charge on any atom is -0.493 e. The van der Waals surface area contributed by atoms with Gasteiger partial charge in [-0.05, 0) is 49.1 Å². The van der Waals surface area contributed by atoms with Crippen LogP contribution in [0.4, 0.5) is 11.4 Å². The van der Waals surface area contributed by atoms with Crippen molar-refractivity contribution in [2.75, 3.05) is 44.1 Å². The Morgan fingerprint density at radius 1 is 0.871 bits per heavy atom. The number of anilines is 2. The molecule has 1 heterocycles. The highest BCUT2D eigenvalue weighted by Gasteiger charge is 2.15. The van der Waals surface area contributed by atoms with Crippen molar-refractivity contribution >= 4 is 23.2 Å². The number of carbonyl (C=O) groups excluding carboxylic acids is 2. The molecule has 166 valence electrons. The maximum Gasteiger partial charge on any atom is 0.313 e. The smallest absolute Gasteiger partial charge is 0.313 e. The molecule has 2 amide bonds. The first-order valence-corrected chi connectivity index (χ1v) is 10.8. The normalized spacial score (nSPS) is 13.8. The number of carbonyl (C=O) groups is 2. The van der Waals surface area contributed by atoms with Crippen LogP contribution in [-0.2, 0) is 16.0 Å². The second-order valence-corrected chi connectivity index (χ2v) is 7.60. The van der Waals surface area contributed by atoms with Gasteiger partial charge in [-0.15, -0.1) is 0 Å². The van der Waals surface area contributed by atoms with E-state index in [4.69, 9.17) is 9.47 Å². The monoisotopic (exact) mass is 425 g/mol. The van der Waals surface area contributed by atoms with Crippen molar-refractivity contribution < 1.29 is 19.1 Å². The van der Waals surface area contributed by atoms with E-state index in [-0.39, 0.29) is 0 Å². The molecule has 0 unspecified atom stereocenters. The summed E-state index contributed by atoms with van der Waals surface area (Å²) in [6, 6.07) is 13.4. The Hall–Kier alpha value is -3.22. The lowest BCUT2D eigenvalue weighted by Crippen LogP contribution is -2.36. The van der Waals surface area contributed by atoms with Gasteiger partial charge < -0.3 is 25.0 Å². The maximum absolute atomic E-state index is 12.2. The minimum absolute atomic E-state index is 0.390. The van der Waals surface area contributed by atoms with Crippen LogP contribution in [0.15, 0.2) is 42.5 Å². The van der Waals surface area contributed by atoms with Gasteiger partial charge in [-0.3, -0.25) is 9.59 Å². The van der Waals surface area contributed by atoms with E-state index >= 15 is 0 Å². The van der Waals surface area contributed by atoms with Crippen LogP contribution in [0.25, 0.3) is 0 Å². The number of hydrogen-bond donors (Lipinski definition) is 2. The van der Waals surface area contributed by atoms with Gasteiger partial charge in [0, 0.05) is 37.1 Å². The van der Waals surface area contributed by atoms with E-state index in [1.165, 1.54) is 45.6 Å². The van der Waals surface area contributed by atoms with Crippen LogP contribution in [-0.4, -0.2) is 45.7 Å². The molecule has 0 atom stereocenters. The lowest BCUT2D eigenvalue weighted by molar-refractivity contribution is -0.136. The van der Waals surface area contributed by atoms with Crippen LogP contribution in [0.2, 0.25) is 0 Å². The number of nitrogens with zero attached hydrogens (tertiary/aromatic N) is 1. The first-order chi connectivity index (χ1) is 15.1. The van der Waals surface area contributed by atoms with Crippen LogP contribution >= 0.6 is 0 Å². The van der Waals surface area contributed by atoms with Gasteiger partial charge in [-0.1, -0.05) is 25.0 Å². The third kappa shape index (κ3) is 6.38. The van der Waals surface area contributed by atoms with E-state index in [2.05, 4.69) is 39.8 Å². The van der Waals surface area contributed by atoms with Gasteiger partial charge in [0.15, 0.2) is 11.5 Å². The Morgan fingerprint density at radius 2 is 1.55 bits per heavy atom. The Kier molecular flexibility index (Phi) is 8.15. The number of benzene rings is 2. The largest absolute Gasteiger partial charge is 0.493 e. The van der Waals surface area contributed by atoms with Crippen molar-refractivity contribution in [3.8, 4) is 11.5 Å². The Morgan fingerprint density at radius 3 is 2.19 bits per heavy atom. The fourth-order valence-corrected chi connectivity index (χ4v) is 3.70. The van der Waals surface area contributed by atoms with Crippen molar-refractivity contribution in [3.63, 3.8) is 0 Å². The van der Waals surface area contributed by atoms with E-state index in [0.717, 1.165) is 18.7 Å². The predicted octanol–water partition coefficient (Wildman–Crippen LogP) is 3.38. The number of amides is 2. The molecule has 1 aliphatic rings. The van der Waals surface area contributed by atoms with Crippen LogP contribution in [0, 0.1) is 0 Å².